The minimum atomic E-state index is -1.05. The van der Waals surface area contributed by atoms with Gasteiger partial charge in [0, 0.05) is 31.9 Å². The third-order valence-corrected chi connectivity index (χ3v) is 4.72. The minimum absolute atomic E-state index is 0.0350. The second kappa shape index (κ2) is 8.56. The molecule has 31 heavy (non-hydrogen) atoms. The maximum atomic E-state index is 13.8. The van der Waals surface area contributed by atoms with Crippen LogP contribution in [0.25, 0.3) is 5.65 Å². The normalized spacial score (nSPS) is 15.6. The van der Waals surface area contributed by atoms with Gasteiger partial charge in [-0.15, -0.1) is 0 Å². The maximum Gasteiger partial charge on any atom is 0.332 e. The highest BCUT2D eigenvalue weighted by Crippen LogP contribution is 2.24. The van der Waals surface area contributed by atoms with E-state index in [4.69, 9.17) is 20.3 Å². The molecule has 0 saturated heterocycles. The quantitative estimate of drug-likeness (QED) is 0.545. The van der Waals surface area contributed by atoms with Gasteiger partial charge in [0.05, 0.1) is 6.20 Å². The van der Waals surface area contributed by atoms with Crippen LogP contribution in [0.15, 0.2) is 41.7 Å². The first kappa shape index (κ1) is 20.5. The van der Waals surface area contributed by atoms with E-state index in [1.165, 1.54) is 18.3 Å². The zero-order valence-electron chi connectivity index (χ0n) is 16.7. The Morgan fingerprint density at radius 2 is 2.29 bits per heavy atom. The average Bonchev–Trinajstić information content (AvgIpc) is 3.39. The molecule has 162 valence electrons. The first-order valence-corrected chi connectivity index (χ1v) is 9.57. The molecule has 0 bridgehead atoms. The molecule has 4 rings (SSSR count). The number of carbonyl (C=O) groups is 1. The van der Waals surface area contributed by atoms with Gasteiger partial charge >= 0.3 is 5.97 Å². The van der Waals surface area contributed by atoms with Crippen molar-refractivity contribution in [1.82, 2.24) is 14.6 Å². The van der Waals surface area contributed by atoms with Gasteiger partial charge in [0.15, 0.2) is 11.7 Å². The molecule has 10 nitrogen and oxygen atoms in total. The zero-order valence-corrected chi connectivity index (χ0v) is 16.7. The lowest BCUT2D eigenvalue weighted by molar-refractivity contribution is -0.138. The second-order valence-corrected chi connectivity index (χ2v) is 6.96. The number of hydrogen-bond acceptors (Lipinski definition) is 8. The summed E-state index contributed by atoms with van der Waals surface area (Å²) in [5, 5.41) is 13.3. The number of carboxylic acid groups (broad SMARTS) is 1. The number of fused-ring (bicyclic) bond motifs is 1. The fourth-order valence-corrected chi connectivity index (χ4v) is 3.19. The Bertz CT molecular complexity index is 1150. The molecule has 0 amide bonds. The summed E-state index contributed by atoms with van der Waals surface area (Å²) >= 11 is 0. The van der Waals surface area contributed by atoms with Crippen LogP contribution in [0, 0.1) is 5.82 Å². The van der Waals surface area contributed by atoms with Gasteiger partial charge in [-0.3, -0.25) is 0 Å². The van der Waals surface area contributed by atoms with Crippen LogP contribution in [0.4, 0.5) is 10.2 Å². The van der Waals surface area contributed by atoms with E-state index in [2.05, 4.69) is 15.1 Å². The Labute approximate surface area is 176 Å². The molecule has 0 spiro atoms. The molecule has 1 aliphatic rings. The van der Waals surface area contributed by atoms with Crippen molar-refractivity contribution < 1.29 is 23.8 Å². The Morgan fingerprint density at radius 3 is 3.03 bits per heavy atom. The maximum absolute atomic E-state index is 13.8. The van der Waals surface area contributed by atoms with Gasteiger partial charge in [-0.05, 0) is 24.3 Å². The average molecular weight is 428 g/mol. The SMILES string of the molecule is CN(Cc1cc(F)ccc1OCCN)c1ccn2ncc(C3=NC(C(=O)O)CO3)c2n1. The summed E-state index contributed by atoms with van der Waals surface area (Å²) in [4.78, 5) is 21.7. The highest BCUT2D eigenvalue weighted by Gasteiger charge is 2.28. The standard InChI is InChI=1S/C20H21FN6O4/c1-26(10-12-8-13(21)2-3-16(12)30-7-5-22)17-4-6-27-18(25-17)14(9-23-27)19-24-15(11-31-19)20(28)29/h2-4,6,8-9,15H,5,7,10-11,22H2,1H3,(H,28,29). The molecule has 0 aliphatic carbocycles. The number of nitrogens with zero attached hydrogens (tertiary/aromatic N) is 5. The van der Waals surface area contributed by atoms with Crippen molar-refractivity contribution in [2.75, 3.05) is 31.7 Å². The number of nitrogens with two attached hydrogens (primary N) is 1. The third kappa shape index (κ3) is 4.26. The van der Waals surface area contributed by atoms with Crippen molar-refractivity contribution in [2.45, 2.75) is 12.6 Å². The van der Waals surface area contributed by atoms with Crippen molar-refractivity contribution in [3.8, 4) is 5.75 Å². The predicted molar refractivity (Wildman–Crippen MR) is 110 cm³/mol. The van der Waals surface area contributed by atoms with Gasteiger partial charge in [-0.1, -0.05) is 0 Å². The molecule has 0 fully saturated rings. The predicted octanol–water partition coefficient (Wildman–Crippen LogP) is 1.07. The lowest BCUT2D eigenvalue weighted by atomic mass is 10.2. The van der Waals surface area contributed by atoms with E-state index in [1.54, 1.807) is 22.8 Å². The molecular formula is C20H21FN6O4. The number of benzene rings is 1. The molecule has 3 aromatic rings. The molecule has 1 atom stereocenters. The first-order chi connectivity index (χ1) is 15.0. The van der Waals surface area contributed by atoms with Crippen molar-refractivity contribution in [1.29, 1.82) is 0 Å². The molecule has 2 aromatic heterocycles. The second-order valence-electron chi connectivity index (χ2n) is 6.96. The Kier molecular flexibility index (Phi) is 5.67. The van der Waals surface area contributed by atoms with Crippen molar-refractivity contribution in [2.24, 2.45) is 10.7 Å². The van der Waals surface area contributed by atoms with Crippen LogP contribution in [0.5, 0.6) is 5.75 Å². The number of hydrogen-bond donors (Lipinski definition) is 2. The Hall–Kier alpha value is -3.73. The summed E-state index contributed by atoms with van der Waals surface area (Å²) in [6.07, 6.45) is 3.25. The van der Waals surface area contributed by atoms with E-state index in [-0.39, 0.29) is 18.3 Å². The van der Waals surface area contributed by atoms with Gasteiger partial charge in [0.2, 0.25) is 5.90 Å². The van der Waals surface area contributed by atoms with Gasteiger partial charge in [-0.2, -0.15) is 5.10 Å². The van der Waals surface area contributed by atoms with E-state index in [9.17, 15) is 9.18 Å². The minimum Gasteiger partial charge on any atom is -0.492 e. The van der Waals surface area contributed by atoms with Crippen LogP contribution in [0.2, 0.25) is 0 Å². The molecule has 1 aromatic carbocycles. The molecule has 0 radical (unpaired) electrons. The summed E-state index contributed by atoms with van der Waals surface area (Å²) in [6, 6.07) is 5.15. The number of ether oxygens (including phenoxy) is 2. The fraction of sp³-hybridized carbons (Fsp3) is 0.300. The molecule has 1 unspecified atom stereocenters. The van der Waals surface area contributed by atoms with E-state index >= 15 is 0 Å². The van der Waals surface area contributed by atoms with Crippen LogP contribution in [-0.4, -0.2) is 64.4 Å². The fourth-order valence-electron chi connectivity index (χ4n) is 3.19. The number of aliphatic carboxylic acids is 1. The molecular weight excluding hydrogens is 407 g/mol. The van der Waals surface area contributed by atoms with Gasteiger partial charge in [-0.25, -0.2) is 23.7 Å². The summed E-state index contributed by atoms with van der Waals surface area (Å²) in [7, 11) is 1.82. The Balaban J connectivity index is 1.61. The smallest absolute Gasteiger partial charge is 0.332 e. The lowest BCUT2D eigenvalue weighted by Gasteiger charge is -2.20. The zero-order chi connectivity index (χ0) is 22.0. The summed E-state index contributed by atoms with van der Waals surface area (Å²) in [6.45, 7) is 0.977. The largest absolute Gasteiger partial charge is 0.492 e. The van der Waals surface area contributed by atoms with E-state index in [1.807, 2.05) is 11.9 Å². The first-order valence-electron chi connectivity index (χ1n) is 9.57. The van der Waals surface area contributed by atoms with Crippen molar-refractivity contribution in [3.63, 3.8) is 0 Å². The number of aliphatic imine (C=N–C) groups is 1. The van der Waals surface area contributed by atoms with Crippen molar-refractivity contribution in [3.05, 3.63) is 53.6 Å². The van der Waals surface area contributed by atoms with E-state index in [0.29, 0.717) is 48.0 Å². The van der Waals surface area contributed by atoms with Crippen LogP contribution < -0.4 is 15.4 Å². The van der Waals surface area contributed by atoms with Gasteiger partial charge < -0.3 is 25.2 Å². The number of anilines is 1. The molecule has 11 heteroatoms. The molecule has 3 heterocycles. The molecule has 1 aliphatic heterocycles. The number of carboxylic acids is 1. The highest BCUT2D eigenvalue weighted by atomic mass is 19.1. The highest BCUT2D eigenvalue weighted by molar-refractivity contribution is 6.02. The van der Waals surface area contributed by atoms with Gasteiger partial charge in [0.25, 0.3) is 0 Å². The molecule has 0 saturated carbocycles. The van der Waals surface area contributed by atoms with Crippen LogP contribution in [0.1, 0.15) is 11.1 Å². The third-order valence-electron chi connectivity index (χ3n) is 4.72. The topological polar surface area (TPSA) is 128 Å². The number of rotatable bonds is 8. The molecule has 3 N–H and O–H groups in total. The number of halogens is 1. The summed E-state index contributed by atoms with van der Waals surface area (Å²) < 4.78 is 26.4. The Morgan fingerprint density at radius 1 is 1.45 bits per heavy atom. The lowest BCUT2D eigenvalue weighted by Crippen LogP contribution is -2.20. The monoisotopic (exact) mass is 428 g/mol. The van der Waals surface area contributed by atoms with E-state index in [0.717, 1.165) is 0 Å². The van der Waals surface area contributed by atoms with Crippen LogP contribution in [0.3, 0.4) is 0 Å². The van der Waals surface area contributed by atoms with Crippen molar-refractivity contribution >= 4 is 23.3 Å². The van der Waals surface area contributed by atoms with E-state index < -0.39 is 12.0 Å². The summed E-state index contributed by atoms with van der Waals surface area (Å²) in [5.74, 6) is -0.0795. The summed E-state index contributed by atoms with van der Waals surface area (Å²) in [5.41, 5.74) is 7.12. The van der Waals surface area contributed by atoms with Gasteiger partial charge in [0.1, 0.15) is 36.2 Å². The van der Waals surface area contributed by atoms with Crippen LogP contribution >= 0.6 is 0 Å². The van der Waals surface area contributed by atoms with Crippen LogP contribution in [-0.2, 0) is 16.1 Å². The number of aromatic nitrogens is 3.